The molecule has 1 saturated heterocycles. The number of rotatable bonds is 4. The van der Waals surface area contributed by atoms with Crippen LogP contribution in [0.15, 0.2) is 18.2 Å². The first-order chi connectivity index (χ1) is 8.16. The van der Waals surface area contributed by atoms with Crippen molar-refractivity contribution in [2.75, 3.05) is 19.8 Å². The average Bonchev–Trinajstić information content (AvgIpc) is 2.83. The summed E-state index contributed by atoms with van der Waals surface area (Å²) in [7, 11) is 0. The molecule has 0 aliphatic carbocycles. The SMILES string of the molecule is Cc1ccc(F)c(OCC(N)C2CCOC2)c1. The van der Waals surface area contributed by atoms with Gasteiger partial charge in [0.15, 0.2) is 11.6 Å². The lowest BCUT2D eigenvalue weighted by atomic mass is 10.0. The predicted octanol–water partition coefficient (Wildman–Crippen LogP) is 1.88. The summed E-state index contributed by atoms with van der Waals surface area (Å²) in [5.41, 5.74) is 6.96. The molecule has 2 unspecified atom stereocenters. The lowest BCUT2D eigenvalue weighted by molar-refractivity contribution is 0.169. The van der Waals surface area contributed by atoms with E-state index in [2.05, 4.69) is 0 Å². The molecule has 1 heterocycles. The summed E-state index contributed by atoms with van der Waals surface area (Å²) in [5.74, 6) is 0.257. The molecule has 1 aliphatic heterocycles. The van der Waals surface area contributed by atoms with E-state index in [1.54, 1.807) is 12.1 Å². The van der Waals surface area contributed by atoms with Crippen molar-refractivity contribution in [3.8, 4) is 5.75 Å². The van der Waals surface area contributed by atoms with E-state index < -0.39 is 0 Å². The smallest absolute Gasteiger partial charge is 0.165 e. The summed E-state index contributed by atoms with van der Waals surface area (Å²) in [6, 6.07) is 4.71. The Kier molecular flexibility index (Phi) is 3.97. The van der Waals surface area contributed by atoms with Crippen molar-refractivity contribution in [2.45, 2.75) is 19.4 Å². The van der Waals surface area contributed by atoms with E-state index in [0.717, 1.165) is 18.6 Å². The molecule has 2 atom stereocenters. The van der Waals surface area contributed by atoms with E-state index in [0.29, 0.717) is 19.1 Å². The fourth-order valence-electron chi connectivity index (χ4n) is 1.93. The number of aryl methyl sites for hydroxylation is 1. The van der Waals surface area contributed by atoms with Crippen LogP contribution >= 0.6 is 0 Å². The molecule has 0 radical (unpaired) electrons. The van der Waals surface area contributed by atoms with Gasteiger partial charge in [-0.3, -0.25) is 0 Å². The van der Waals surface area contributed by atoms with Crippen molar-refractivity contribution in [1.29, 1.82) is 0 Å². The molecule has 2 rings (SSSR count). The van der Waals surface area contributed by atoms with E-state index in [1.807, 2.05) is 6.92 Å². The number of nitrogens with two attached hydrogens (primary N) is 1. The molecule has 0 saturated carbocycles. The van der Waals surface area contributed by atoms with Gasteiger partial charge in [-0.25, -0.2) is 4.39 Å². The van der Waals surface area contributed by atoms with Gasteiger partial charge >= 0.3 is 0 Å². The Morgan fingerprint density at radius 1 is 1.59 bits per heavy atom. The molecule has 1 fully saturated rings. The van der Waals surface area contributed by atoms with Crippen LogP contribution in [0.1, 0.15) is 12.0 Å². The average molecular weight is 239 g/mol. The Morgan fingerprint density at radius 2 is 2.41 bits per heavy atom. The second-order valence-electron chi connectivity index (χ2n) is 4.53. The highest BCUT2D eigenvalue weighted by atomic mass is 19.1. The van der Waals surface area contributed by atoms with Gasteiger partial charge in [-0.2, -0.15) is 0 Å². The minimum absolute atomic E-state index is 0.0996. The number of hydrogen-bond acceptors (Lipinski definition) is 3. The molecule has 3 nitrogen and oxygen atoms in total. The third kappa shape index (κ3) is 3.17. The molecule has 0 amide bonds. The lowest BCUT2D eigenvalue weighted by Gasteiger charge is -2.18. The highest BCUT2D eigenvalue weighted by molar-refractivity contribution is 5.29. The molecular weight excluding hydrogens is 221 g/mol. The molecule has 0 spiro atoms. The van der Waals surface area contributed by atoms with Crippen LogP contribution < -0.4 is 10.5 Å². The summed E-state index contributed by atoms with van der Waals surface area (Å²) in [6.07, 6.45) is 0.959. The lowest BCUT2D eigenvalue weighted by Crippen LogP contribution is -2.36. The second-order valence-corrected chi connectivity index (χ2v) is 4.53. The highest BCUT2D eigenvalue weighted by Gasteiger charge is 2.23. The van der Waals surface area contributed by atoms with Crippen molar-refractivity contribution in [3.63, 3.8) is 0 Å². The minimum Gasteiger partial charge on any atom is -0.489 e. The normalized spacial score (nSPS) is 21.5. The largest absolute Gasteiger partial charge is 0.489 e. The van der Waals surface area contributed by atoms with Gasteiger partial charge in [-0.05, 0) is 31.0 Å². The van der Waals surface area contributed by atoms with Crippen LogP contribution in [0.25, 0.3) is 0 Å². The Bertz CT molecular complexity index is 378. The third-order valence-electron chi connectivity index (χ3n) is 3.09. The molecule has 94 valence electrons. The van der Waals surface area contributed by atoms with Crippen LogP contribution in [0, 0.1) is 18.7 Å². The first kappa shape index (κ1) is 12.3. The van der Waals surface area contributed by atoms with Gasteiger partial charge in [0.1, 0.15) is 6.61 Å². The molecule has 1 aromatic rings. The number of ether oxygens (including phenoxy) is 2. The molecular formula is C13H18FNO2. The van der Waals surface area contributed by atoms with Crippen molar-refractivity contribution in [2.24, 2.45) is 11.7 Å². The predicted molar refractivity (Wildman–Crippen MR) is 63.5 cm³/mol. The monoisotopic (exact) mass is 239 g/mol. The quantitative estimate of drug-likeness (QED) is 0.872. The van der Waals surface area contributed by atoms with Gasteiger partial charge in [0.25, 0.3) is 0 Å². The van der Waals surface area contributed by atoms with Crippen LogP contribution in [0.2, 0.25) is 0 Å². The molecule has 2 N–H and O–H groups in total. The summed E-state index contributed by atoms with van der Waals surface area (Å²) in [5, 5.41) is 0. The van der Waals surface area contributed by atoms with E-state index in [9.17, 15) is 4.39 Å². The fraction of sp³-hybridized carbons (Fsp3) is 0.538. The maximum absolute atomic E-state index is 13.4. The minimum atomic E-state index is -0.342. The molecule has 0 bridgehead atoms. The van der Waals surface area contributed by atoms with Crippen LogP contribution in [0.4, 0.5) is 4.39 Å². The van der Waals surface area contributed by atoms with E-state index >= 15 is 0 Å². The third-order valence-corrected chi connectivity index (χ3v) is 3.09. The Balaban J connectivity index is 1.90. The zero-order valence-corrected chi connectivity index (χ0v) is 9.99. The standard InChI is InChI=1S/C13H18FNO2/c1-9-2-3-11(14)13(6-9)17-8-12(15)10-4-5-16-7-10/h2-3,6,10,12H,4-5,7-8,15H2,1H3. The molecule has 0 aromatic heterocycles. The highest BCUT2D eigenvalue weighted by Crippen LogP contribution is 2.20. The van der Waals surface area contributed by atoms with Gasteiger partial charge in [-0.1, -0.05) is 6.07 Å². The first-order valence-corrected chi connectivity index (χ1v) is 5.89. The van der Waals surface area contributed by atoms with Crippen molar-refractivity contribution in [3.05, 3.63) is 29.6 Å². The maximum atomic E-state index is 13.4. The topological polar surface area (TPSA) is 44.5 Å². The summed E-state index contributed by atoms with van der Waals surface area (Å²) in [6.45, 7) is 3.67. The summed E-state index contributed by atoms with van der Waals surface area (Å²) >= 11 is 0. The van der Waals surface area contributed by atoms with Crippen LogP contribution in [0.3, 0.4) is 0 Å². The zero-order valence-electron chi connectivity index (χ0n) is 9.99. The Morgan fingerprint density at radius 3 is 3.12 bits per heavy atom. The fourth-order valence-corrected chi connectivity index (χ4v) is 1.93. The van der Waals surface area contributed by atoms with E-state index in [4.69, 9.17) is 15.2 Å². The van der Waals surface area contributed by atoms with Gasteiger partial charge in [0.2, 0.25) is 0 Å². The van der Waals surface area contributed by atoms with Crippen LogP contribution in [-0.4, -0.2) is 25.9 Å². The number of benzene rings is 1. The molecule has 1 aromatic carbocycles. The van der Waals surface area contributed by atoms with Crippen LogP contribution in [-0.2, 0) is 4.74 Å². The first-order valence-electron chi connectivity index (χ1n) is 5.89. The summed E-state index contributed by atoms with van der Waals surface area (Å²) in [4.78, 5) is 0. The van der Waals surface area contributed by atoms with Crippen molar-refractivity contribution in [1.82, 2.24) is 0 Å². The molecule has 4 heteroatoms. The maximum Gasteiger partial charge on any atom is 0.165 e. The molecule has 1 aliphatic rings. The van der Waals surface area contributed by atoms with Crippen LogP contribution in [0.5, 0.6) is 5.75 Å². The van der Waals surface area contributed by atoms with Gasteiger partial charge in [-0.15, -0.1) is 0 Å². The van der Waals surface area contributed by atoms with E-state index in [1.165, 1.54) is 6.07 Å². The Labute approximate surface area is 101 Å². The molecule has 17 heavy (non-hydrogen) atoms. The second kappa shape index (κ2) is 5.47. The Hall–Kier alpha value is -1.13. The van der Waals surface area contributed by atoms with E-state index in [-0.39, 0.29) is 17.6 Å². The van der Waals surface area contributed by atoms with Crippen molar-refractivity contribution >= 4 is 0 Å². The van der Waals surface area contributed by atoms with Gasteiger partial charge < -0.3 is 15.2 Å². The number of hydrogen-bond donors (Lipinski definition) is 1. The number of halogens is 1. The van der Waals surface area contributed by atoms with Gasteiger partial charge in [0.05, 0.1) is 6.61 Å². The van der Waals surface area contributed by atoms with Gasteiger partial charge in [0, 0.05) is 18.6 Å². The zero-order chi connectivity index (χ0) is 12.3. The van der Waals surface area contributed by atoms with Crippen molar-refractivity contribution < 1.29 is 13.9 Å². The summed E-state index contributed by atoms with van der Waals surface area (Å²) < 4.78 is 24.1.